The molecule has 0 amide bonds. The van der Waals surface area contributed by atoms with Gasteiger partial charge in [0.05, 0.1) is 0 Å². The maximum atomic E-state index is 3.48. The van der Waals surface area contributed by atoms with Crippen LogP contribution in [-0.4, -0.2) is 18.1 Å². The minimum absolute atomic E-state index is 1.07. The zero-order valence-corrected chi connectivity index (χ0v) is 11.2. The van der Waals surface area contributed by atoms with Crippen molar-refractivity contribution < 1.29 is 0 Å². The summed E-state index contributed by atoms with van der Waals surface area (Å²) in [5.74, 6) is 2.48. The molecule has 1 nitrogen and oxygen atoms in total. The first-order valence-corrected chi connectivity index (χ1v) is 7.72. The lowest BCUT2D eigenvalue weighted by atomic mass is 10.2. The minimum Gasteiger partial charge on any atom is -0.385 e. The number of anilines is 1. The Hall–Kier alpha value is -0.670. The first-order valence-electron chi connectivity index (χ1n) is 5.69. The quantitative estimate of drug-likeness (QED) is 0.761. The summed E-state index contributed by atoms with van der Waals surface area (Å²) in [7, 11) is 0. The van der Waals surface area contributed by atoms with Gasteiger partial charge in [-0.3, -0.25) is 0 Å². The van der Waals surface area contributed by atoms with E-state index in [1.807, 2.05) is 11.8 Å². The van der Waals surface area contributed by atoms with E-state index in [9.17, 15) is 0 Å². The highest BCUT2D eigenvalue weighted by Gasteiger charge is 1.96. The van der Waals surface area contributed by atoms with E-state index in [0.717, 1.165) is 6.54 Å². The molecule has 1 aromatic heterocycles. The van der Waals surface area contributed by atoms with Crippen molar-refractivity contribution in [1.29, 1.82) is 0 Å². The summed E-state index contributed by atoms with van der Waals surface area (Å²) in [5, 5.41) is 6.97. The summed E-state index contributed by atoms with van der Waals surface area (Å²) in [5.41, 5.74) is 1.24. The van der Waals surface area contributed by atoms with Gasteiger partial charge >= 0.3 is 0 Å². The van der Waals surface area contributed by atoms with E-state index in [1.54, 1.807) is 11.3 Å². The third-order valence-corrected chi connectivity index (χ3v) is 4.33. The van der Waals surface area contributed by atoms with E-state index in [2.05, 4.69) is 41.9 Å². The SMILES string of the molecule is CCSCCCNc1ccc2sccc2c1. The Balaban J connectivity index is 1.84. The van der Waals surface area contributed by atoms with E-state index in [-0.39, 0.29) is 0 Å². The molecule has 0 aliphatic rings. The van der Waals surface area contributed by atoms with Crippen molar-refractivity contribution in [3.8, 4) is 0 Å². The van der Waals surface area contributed by atoms with Gasteiger partial charge in [0.1, 0.15) is 0 Å². The monoisotopic (exact) mass is 251 g/mol. The fourth-order valence-electron chi connectivity index (χ4n) is 1.63. The standard InChI is InChI=1S/C13H17NS2/c1-2-15-8-3-7-14-12-4-5-13-11(10-12)6-9-16-13/h4-6,9-10,14H,2-3,7-8H2,1H3. The predicted octanol–water partition coefficient (Wildman–Crippen LogP) is 4.46. The number of hydrogen-bond donors (Lipinski definition) is 1. The van der Waals surface area contributed by atoms with Crippen LogP contribution in [0, 0.1) is 0 Å². The minimum atomic E-state index is 1.07. The van der Waals surface area contributed by atoms with E-state index >= 15 is 0 Å². The van der Waals surface area contributed by atoms with Gasteiger partial charge in [-0.05, 0) is 53.0 Å². The van der Waals surface area contributed by atoms with Gasteiger partial charge in [0.25, 0.3) is 0 Å². The number of rotatable bonds is 6. The average Bonchev–Trinajstić information content (AvgIpc) is 2.76. The Kier molecular flexibility index (Phi) is 4.55. The van der Waals surface area contributed by atoms with Crippen LogP contribution in [0.5, 0.6) is 0 Å². The number of benzene rings is 1. The van der Waals surface area contributed by atoms with E-state index in [0.29, 0.717) is 0 Å². The number of hydrogen-bond acceptors (Lipinski definition) is 3. The molecule has 0 fully saturated rings. The number of nitrogens with one attached hydrogen (secondary N) is 1. The van der Waals surface area contributed by atoms with Crippen molar-refractivity contribution >= 4 is 38.9 Å². The number of thioether (sulfide) groups is 1. The summed E-state index contributed by atoms with van der Waals surface area (Å²) < 4.78 is 1.37. The smallest absolute Gasteiger partial charge is 0.0347 e. The number of fused-ring (bicyclic) bond motifs is 1. The van der Waals surface area contributed by atoms with Crippen molar-refractivity contribution in [3.05, 3.63) is 29.6 Å². The van der Waals surface area contributed by atoms with Crippen LogP contribution in [0.4, 0.5) is 5.69 Å². The molecule has 86 valence electrons. The molecule has 0 bridgehead atoms. The van der Waals surface area contributed by atoms with Gasteiger partial charge in [-0.15, -0.1) is 11.3 Å². The molecule has 0 atom stereocenters. The molecule has 0 radical (unpaired) electrons. The Labute approximate surface area is 105 Å². The fourth-order valence-corrected chi connectivity index (χ4v) is 3.04. The molecule has 1 heterocycles. The third kappa shape index (κ3) is 3.16. The summed E-state index contributed by atoms with van der Waals surface area (Å²) >= 11 is 3.81. The molecule has 0 aliphatic heterocycles. The highest BCUT2D eigenvalue weighted by atomic mass is 32.2. The molecule has 0 aliphatic carbocycles. The zero-order valence-electron chi connectivity index (χ0n) is 9.53. The molecule has 1 aromatic carbocycles. The van der Waals surface area contributed by atoms with Gasteiger partial charge in [-0.2, -0.15) is 11.8 Å². The Morgan fingerprint density at radius 1 is 1.31 bits per heavy atom. The van der Waals surface area contributed by atoms with Gasteiger partial charge in [0.15, 0.2) is 0 Å². The van der Waals surface area contributed by atoms with Crippen LogP contribution in [0.1, 0.15) is 13.3 Å². The van der Waals surface area contributed by atoms with Crippen molar-refractivity contribution in [2.75, 3.05) is 23.4 Å². The molecule has 0 saturated heterocycles. The Morgan fingerprint density at radius 3 is 3.12 bits per heavy atom. The van der Waals surface area contributed by atoms with Crippen LogP contribution in [-0.2, 0) is 0 Å². The van der Waals surface area contributed by atoms with Crippen molar-refractivity contribution in [2.45, 2.75) is 13.3 Å². The lowest BCUT2D eigenvalue weighted by Crippen LogP contribution is -2.02. The normalized spacial score (nSPS) is 10.8. The number of thiophene rings is 1. The first-order chi connectivity index (χ1) is 7.90. The van der Waals surface area contributed by atoms with Gasteiger partial charge in [0, 0.05) is 16.9 Å². The topological polar surface area (TPSA) is 12.0 Å². The van der Waals surface area contributed by atoms with Gasteiger partial charge in [-0.25, -0.2) is 0 Å². The van der Waals surface area contributed by atoms with Gasteiger partial charge < -0.3 is 5.32 Å². The molecule has 0 spiro atoms. The van der Waals surface area contributed by atoms with E-state index in [1.165, 1.54) is 33.7 Å². The molecular weight excluding hydrogens is 234 g/mol. The zero-order chi connectivity index (χ0) is 11.2. The second-order valence-electron chi connectivity index (χ2n) is 3.65. The highest BCUT2D eigenvalue weighted by Crippen LogP contribution is 2.23. The second kappa shape index (κ2) is 6.16. The molecule has 0 unspecified atom stereocenters. The molecular formula is C13H17NS2. The average molecular weight is 251 g/mol. The van der Waals surface area contributed by atoms with Crippen LogP contribution in [0.25, 0.3) is 10.1 Å². The largest absolute Gasteiger partial charge is 0.385 e. The van der Waals surface area contributed by atoms with E-state index < -0.39 is 0 Å². The molecule has 1 N–H and O–H groups in total. The van der Waals surface area contributed by atoms with Gasteiger partial charge in [0.2, 0.25) is 0 Å². The summed E-state index contributed by atoms with van der Waals surface area (Å²) in [6.45, 7) is 3.28. The van der Waals surface area contributed by atoms with Crippen LogP contribution in [0.2, 0.25) is 0 Å². The third-order valence-electron chi connectivity index (χ3n) is 2.45. The van der Waals surface area contributed by atoms with Crippen LogP contribution in [0.15, 0.2) is 29.6 Å². The Bertz CT molecular complexity index is 436. The maximum Gasteiger partial charge on any atom is 0.0347 e. The van der Waals surface area contributed by atoms with Crippen molar-refractivity contribution in [3.63, 3.8) is 0 Å². The van der Waals surface area contributed by atoms with Crippen molar-refractivity contribution in [2.24, 2.45) is 0 Å². The highest BCUT2D eigenvalue weighted by molar-refractivity contribution is 7.99. The lowest BCUT2D eigenvalue weighted by Gasteiger charge is -2.05. The van der Waals surface area contributed by atoms with Crippen molar-refractivity contribution in [1.82, 2.24) is 0 Å². The molecule has 2 rings (SSSR count). The van der Waals surface area contributed by atoms with Gasteiger partial charge in [-0.1, -0.05) is 6.92 Å². The lowest BCUT2D eigenvalue weighted by molar-refractivity contribution is 0.992. The van der Waals surface area contributed by atoms with Crippen LogP contribution >= 0.6 is 23.1 Å². The molecule has 0 saturated carbocycles. The molecule has 2 aromatic rings. The fraction of sp³-hybridized carbons (Fsp3) is 0.385. The summed E-state index contributed by atoms with van der Waals surface area (Å²) in [4.78, 5) is 0. The maximum absolute atomic E-state index is 3.48. The van der Waals surface area contributed by atoms with E-state index in [4.69, 9.17) is 0 Å². The molecule has 16 heavy (non-hydrogen) atoms. The second-order valence-corrected chi connectivity index (χ2v) is 5.99. The van der Waals surface area contributed by atoms with Crippen LogP contribution in [0.3, 0.4) is 0 Å². The summed E-state index contributed by atoms with van der Waals surface area (Å²) in [6.07, 6.45) is 1.24. The summed E-state index contributed by atoms with van der Waals surface area (Å²) in [6, 6.07) is 8.78. The Morgan fingerprint density at radius 2 is 2.25 bits per heavy atom. The van der Waals surface area contributed by atoms with Crippen LogP contribution < -0.4 is 5.32 Å². The molecule has 3 heteroatoms. The predicted molar refractivity (Wildman–Crippen MR) is 77.9 cm³/mol. The first kappa shape index (κ1) is 11.8.